The lowest BCUT2D eigenvalue weighted by Crippen LogP contribution is -2.45. The van der Waals surface area contributed by atoms with Crippen LogP contribution in [0.1, 0.15) is 24.1 Å². The Morgan fingerprint density at radius 3 is 2.35 bits per heavy atom. The number of para-hydroxylation sites is 2. The van der Waals surface area contributed by atoms with Gasteiger partial charge in [-0.05, 0) is 42.9 Å². The second kappa shape index (κ2) is 9.45. The van der Waals surface area contributed by atoms with Gasteiger partial charge in [0.05, 0.1) is 11.6 Å². The fourth-order valence-electron chi connectivity index (χ4n) is 3.53. The molecule has 3 aromatic rings. The van der Waals surface area contributed by atoms with Gasteiger partial charge in [0.25, 0.3) is 5.91 Å². The van der Waals surface area contributed by atoms with Crippen molar-refractivity contribution in [2.24, 2.45) is 0 Å². The van der Waals surface area contributed by atoms with Crippen molar-refractivity contribution in [2.75, 3.05) is 5.32 Å². The number of benzene rings is 3. The highest BCUT2D eigenvalue weighted by atomic mass is 32.1. The van der Waals surface area contributed by atoms with Gasteiger partial charge in [0.1, 0.15) is 12.4 Å². The molecule has 0 saturated carbocycles. The lowest BCUT2D eigenvalue weighted by atomic mass is 9.94. The van der Waals surface area contributed by atoms with Gasteiger partial charge in [-0.1, -0.05) is 66.7 Å². The average Bonchev–Trinajstić information content (AvgIpc) is 2.78. The maximum absolute atomic E-state index is 13.2. The Morgan fingerprint density at radius 1 is 0.968 bits per heavy atom. The number of anilines is 1. The third-order valence-corrected chi connectivity index (χ3v) is 5.23. The highest BCUT2D eigenvalue weighted by Crippen LogP contribution is 2.34. The van der Waals surface area contributed by atoms with Crippen LogP contribution in [0.2, 0.25) is 0 Å². The molecule has 1 amide bonds. The van der Waals surface area contributed by atoms with E-state index in [2.05, 4.69) is 16.0 Å². The molecule has 5 nitrogen and oxygen atoms in total. The Bertz CT molecular complexity index is 1110. The normalized spacial score (nSPS) is 15.6. The highest BCUT2D eigenvalue weighted by molar-refractivity contribution is 7.80. The van der Waals surface area contributed by atoms with E-state index in [4.69, 9.17) is 17.0 Å². The number of carbonyl (C=O) groups excluding carboxylic acids is 1. The number of hydrogen-bond acceptors (Lipinski definition) is 3. The van der Waals surface area contributed by atoms with Crippen molar-refractivity contribution in [1.29, 1.82) is 0 Å². The van der Waals surface area contributed by atoms with Gasteiger partial charge in [-0.3, -0.25) is 4.79 Å². The van der Waals surface area contributed by atoms with Gasteiger partial charge in [0.15, 0.2) is 5.11 Å². The van der Waals surface area contributed by atoms with E-state index in [1.54, 1.807) is 0 Å². The van der Waals surface area contributed by atoms with Gasteiger partial charge in [-0.2, -0.15) is 0 Å². The van der Waals surface area contributed by atoms with Crippen LogP contribution in [0.3, 0.4) is 0 Å². The number of allylic oxidation sites excluding steroid dienone is 1. The molecule has 6 heteroatoms. The summed E-state index contributed by atoms with van der Waals surface area (Å²) in [6.07, 6.45) is 0. The molecule has 0 unspecified atom stereocenters. The van der Waals surface area contributed by atoms with E-state index < -0.39 is 6.04 Å². The van der Waals surface area contributed by atoms with Crippen LogP contribution in [0.25, 0.3) is 0 Å². The van der Waals surface area contributed by atoms with E-state index >= 15 is 0 Å². The average molecular weight is 430 g/mol. The fourth-order valence-corrected chi connectivity index (χ4v) is 3.80. The zero-order valence-electron chi connectivity index (χ0n) is 17.1. The molecule has 31 heavy (non-hydrogen) atoms. The maximum atomic E-state index is 13.2. The van der Waals surface area contributed by atoms with Crippen LogP contribution in [0.5, 0.6) is 5.75 Å². The highest BCUT2D eigenvalue weighted by Gasteiger charge is 2.31. The second-order valence-electron chi connectivity index (χ2n) is 7.20. The van der Waals surface area contributed by atoms with E-state index in [9.17, 15) is 4.79 Å². The Labute approximate surface area is 187 Å². The summed E-state index contributed by atoms with van der Waals surface area (Å²) in [6, 6.07) is 26.6. The molecule has 0 aromatic heterocycles. The van der Waals surface area contributed by atoms with E-state index in [-0.39, 0.29) is 5.91 Å². The van der Waals surface area contributed by atoms with Gasteiger partial charge < -0.3 is 20.7 Å². The molecule has 4 rings (SSSR count). The van der Waals surface area contributed by atoms with Gasteiger partial charge in [0.2, 0.25) is 0 Å². The predicted molar refractivity (Wildman–Crippen MR) is 127 cm³/mol. The molecule has 1 aliphatic rings. The zero-order chi connectivity index (χ0) is 21.6. The van der Waals surface area contributed by atoms with Gasteiger partial charge in [0, 0.05) is 16.9 Å². The molecule has 3 N–H and O–H groups in total. The van der Waals surface area contributed by atoms with E-state index in [0.29, 0.717) is 28.7 Å². The Kier molecular flexibility index (Phi) is 6.29. The van der Waals surface area contributed by atoms with Crippen LogP contribution >= 0.6 is 12.2 Å². The van der Waals surface area contributed by atoms with Crippen molar-refractivity contribution in [1.82, 2.24) is 10.6 Å². The zero-order valence-corrected chi connectivity index (χ0v) is 17.9. The van der Waals surface area contributed by atoms with Gasteiger partial charge in [-0.25, -0.2) is 0 Å². The first-order valence-corrected chi connectivity index (χ1v) is 10.4. The minimum atomic E-state index is -0.440. The summed E-state index contributed by atoms with van der Waals surface area (Å²) in [4.78, 5) is 13.2. The van der Waals surface area contributed by atoms with Crippen LogP contribution < -0.4 is 20.7 Å². The molecular formula is C25H23N3O2S. The number of carbonyl (C=O) groups is 1. The van der Waals surface area contributed by atoms with Crippen LogP contribution in [-0.4, -0.2) is 11.0 Å². The first-order valence-electron chi connectivity index (χ1n) is 10.0. The summed E-state index contributed by atoms with van der Waals surface area (Å²) < 4.78 is 6.14. The lowest BCUT2D eigenvalue weighted by molar-refractivity contribution is -0.113. The fraction of sp³-hybridized carbons (Fsp3) is 0.120. The van der Waals surface area contributed by atoms with Crippen molar-refractivity contribution in [3.63, 3.8) is 0 Å². The number of amides is 1. The molecule has 0 radical (unpaired) electrons. The largest absolute Gasteiger partial charge is 0.489 e. The van der Waals surface area contributed by atoms with Crippen molar-refractivity contribution >= 4 is 28.9 Å². The van der Waals surface area contributed by atoms with Crippen molar-refractivity contribution in [3.8, 4) is 5.75 Å². The van der Waals surface area contributed by atoms with Crippen molar-refractivity contribution in [2.45, 2.75) is 19.6 Å². The minimum Gasteiger partial charge on any atom is -0.489 e. The number of nitrogens with one attached hydrogen (secondary N) is 3. The second-order valence-corrected chi connectivity index (χ2v) is 7.61. The third kappa shape index (κ3) is 4.92. The summed E-state index contributed by atoms with van der Waals surface area (Å²) in [5.41, 5.74) is 3.92. The van der Waals surface area contributed by atoms with E-state index in [1.165, 1.54) is 0 Å². The SMILES string of the molecule is CC1=C(C(=O)Nc2ccccc2)[C@H](c2ccccc2OCc2ccccc2)NC(=S)N1. The van der Waals surface area contributed by atoms with Crippen LogP contribution in [0.4, 0.5) is 5.69 Å². The molecule has 3 aromatic carbocycles. The first-order chi connectivity index (χ1) is 15.1. The topological polar surface area (TPSA) is 62.4 Å². The molecule has 0 aliphatic carbocycles. The van der Waals surface area contributed by atoms with E-state index in [1.807, 2.05) is 91.9 Å². The molecule has 1 atom stereocenters. The first kappa shape index (κ1) is 20.6. The number of thiocarbonyl (C=S) groups is 1. The lowest BCUT2D eigenvalue weighted by Gasteiger charge is -2.31. The number of rotatable bonds is 6. The number of hydrogen-bond donors (Lipinski definition) is 3. The Morgan fingerprint density at radius 2 is 1.61 bits per heavy atom. The monoisotopic (exact) mass is 429 g/mol. The summed E-state index contributed by atoms with van der Waals surface area (Å²) in [6.45, 7) is 2.29. The minimum absolute atomic E-state index is 0.200. The molecule has 0 bridgehead atoms. The summed E-state index contributed by atoms with van der Waals surface area (Å²) in [5.74, 6) is 0.500. The number of ether oxygens (including phenoxy) is 1. The van der Waals surface area contributed by atoms with Crippen molar-refractivity contribution in [3.05, 3.63) is 107 Å². The third-order valence-electron chi connectivity index (χ3n) is 5.01. The van der Waals surface area contributed by atoms with Crippen LogP contribution in [0.15, 0.2) is 96.2 Å². The predicted octanol–water partition coefficient (Wildman–Crippen LogP) is 4.70. The van der Waals surface area contributed by atoms with E-state index in [0.717, 1.165) is 16.8 Å². The molecule has 0 saturated heterocycles. The Hall–Kier alpha value is -3.64. The summed E-state index contributed by atoms with van der Waals surface area (Å²) in [7, 11) is 0. The summed E-state index contributed by atoms with van der Waals surface area (Å²) in [5, 5.41) is 9.75. The van der Waals surface area contributed by atoms with Gasteiger partial charge in [-0.15, -0.1) is 0 Å². The maximum Gasteiger partial charge on any atom is 0.255 e. The quantitative estimate of drug-likeness (QED) is 0.496. The van der Waals surface area contributed by atoms with Crippen molar-refractivity contribution < 1.29 is 9.53 Å². The van der Waals surface area contributed by atoms with Crippen LogP contribution in [-0.2, 0) is 11.4 Å². The summed E-state index contributed by atoms with van der Waals surface area (Å²) >= 11 is 5.38. The molecule has 1 heterocycles. The van der Waals surface area contributed by atoms with Crippen LogP contribution in [0, 0.1) is 0 Å². The molecule has 1 aliphatic heterocycles. The smallest absolute Gasteiger partial charge is 0.255 e. The molecular weight excluding hydrogens is 406 g/mol. The molecule has 156 valence electrons. The molecule has 0 fully saturated rings. The Balaban J connectivity index is 1.64. The van der Waals surface area contributed by atoms with Gasteiger partial charge >= 0.3 is 0 Å². The standard InChI is InChI=1S/C25H23N3O2S/c1-17-22(24(29)27-19-12-6-3-7-13-19)23(28-25(31)26-17)20-14-8-9-15-21(20)30-16-18-10-4-2-5-11-18/h2-15,23H,16H2,1H3,(H,27,29)(H2,26,28,31)/t23-/m0/s1. The molecule has 0 spiro atoms.